The number of nitrogens with zero attached hydrogens (tertiary/aromatic N) is 1. The highest BCUT2D eigenvalue weighted by atomic mass is 32.2. The quantitative estimate of drug-likeness (QED) is 0.276. The lowest BCUT2D eigenvalue weighted by molar-refractivity contribution is 0.171. The van der Waals surface area contributed by atoms with Crippen LogP contribution in [0.4, 0.5) is 0 Å². The Kier molecular flexibility index (Phi) is 9.77. The first kappa shape index (κ1) is 24.6. The van der Waals surface area contributed by atoms with Crippen LogP contribution in [0.5, 0.6) is 5.75 Å². The second-order valence-corrected chi connectivity index (χ2v) is 8.61. The van der Waals surface area contributed by atoms with Gasteiger partial charge in [-0.25, -0.2) is 18.5 Å². The van der Waals surface area contributed by atoms with Crippen LogP contribution in [0.3, 0.4) is 0 Å². The molecule has 0 aliphatic rings. The molecule has 31 heavy (non-hydrogen) atoms. The highest BCUT2D eigenvalue weighted by Crippen LogP contribution is 2.20. The number of hydrogen-bond donors (Lipinski definition) is 3. The van der Waals surface area contributed by atoms with E-state index in [0.717, 1.165) is 28.9 Å². The lowest BCUT2D eigenvalue weighted by Gasteiger charge is -2.15. The van der Waals surface area contributed by atoms with Crippen LogP contribution in [0.1, 0.15) is 30.0 Å². The number of aryl methyl sites for hydroxylation is 1. The molecule has 9 heteroatoms. The number of nitrogens with two attached hydrogens (primary N) is 1. The van der Waals surface area contributed by atoms with E-state index in [1.165, 1.54) is 12.1 Å². The third-order valence-electron chi connectivity index (χ3n) is 4.44. The van der Waals surface area contributed by atoms with Gasteiger partial charge in [0.2, 0.25) is 10.0 Å². The number of hydrogen-bond acceptors (Lipinski definition) is 5. The molecule has 0 aliphatic carbocycles. The van der Waals surface area contributed by atoms with E-state index in [-0.39, 0.29) is 4.90 Å². The molecule has 0 saturated carbocycles. The van der Waals surface area contributed by atoms with Crippen molar-refractivity contribution in [3.8, 4) is 5.75 Å². The predicted molar refractivity (Wildman–Crippen MR) is 123 cm³/mol. The van der Waals surface area contributed by atoms with E-state index >= 15 is 0 Å². The van der Waals surface area contributed by atoms with Crippen LogP contribution in [0.25, 0.3) is 0 Å². The largest absolute Gasteiger partial charge is 0.493 e. The SMILES string of the molecule is CCNC(=NCc1ccc(S(N)(=O)=O)cc1)NCc1ccc(C)cc1OCCCOC. The number of rotatable bonds is 11. The van der Waals surface area contributed by atoms with E-state index in [1.54, 1.807) is 19.2 Å². The lowest BCUT2D eigenvalue weighted by Crippen LogP contribution is -2.36. The third kappa shape index (κ3) is 8.56. The van der Waals surface area contributed by atoms with Gasteiger partial charge < -0.3 is 20.1 Å². The van der Waals surface area contributed by atoms with E-state index in [2.05, 4.69) is 21.7 Å². The highest BCUT2D eigenvalue weighted by Gasteiger charge is 2.08. The van der Waals surface area contributed by atoms with Gasteiger partial charge in [-0.2, -0.15) is 0 Å². The molecule has 2 aromatic carbocycles. The average molecular weight is 449 g/mol. The summed E-state index contributed by atoms with van der Waals surface area (Å²) in [6, 6.07) is 12.5. The second-order valence-electron chi connectivity index (χ2n) is 7.04. The minimum Gasteiger partial charge on any atom is -0.493 e. The summed E-state index contributed by atoms with van der Waals surface area (Å²) in [5, 5.41) is 11.7. The number of primary sulfonamides is 1. The van der Waals surface area contributed by atoms with Gasteiger partial charge in [0.05, 0.1) is 18.0 Å². The van der Waals surface area contributed by atoms with Crippen molar-refractivity contribution < 1.29 is 17.9 Å². The van der Waals surface area contributed by atoms with Crippen molar-refractivity contribution in [1.82, 2.24) is 10.6 Å². The van der Waals surface area contributed by atoms with Gasteiger partial charge in [0.25, 0.3) is 0 Å². The number of guanidine groups is 1. The average Bonchev–Trinajstić information content (AvgIpc) is 2.74. The van der Waals surface area contributed by atoms with Gasteiger partial charge in [0, 0.05) is 38.8 Å². The summed E-state index contributed by atoms with van der Waals surface area (Å²) in [6.45, 7) is 6.94. The van der Waals surface area contributed by atoms with Crippen molar-refractivity contribution in [3.63, 3.8) is 0 Å². The van der Waals surface area contributed by atoms with E-state index in [4.69, 9.17) is 14.6 Å². The molecule has 2 rings (SSSR count). The Labute approximate surface area is 184 Å². The molecule has 0 saturated heterocycles. The maximum Gasteiger partial charge on any atom is 0.238 e. The zero-order chi connectivity index (χ0) is 22.7. The molecule has 0 heterocycles. The van der Waals surface area contributed by atoms with Crippen LogP contribution in [0, 0.1) is 6.92 Å². The first-order valence-corrected chi connectivity index (χ1v) is 11.7. The van der Waals surface area contributed by atoms with Crippen LogP contribution in [0.15, 0.2) is 52.4 Å². The van der Waals surface area contributed by atoms with Crippen LogP contribution in [-0.2, 0) is 27.8 Å². The zero-order valence-electron chi connectivity index (χ0n) is 18.3. The van der Waals surface area contributed by atoms with Crippen molar-refractivity contribution in [1.29, 1.82) is 0 Å². The van der Waals surface area contributed by atoms with Crippen molar-refractivity contribution in [3.05, 3.63) is 59.2 Å². The summed E-state index contributed by atoms with van der Waals surface area (Å²) in [5.41, 5.74) is 3.04. The first-order valence-electron chi connectivity index (χ1n) is 10.2. The van der Waals surface area contributed by atoms with Crippen LogP contribution in [-0.4, -0.2) is 41.2 Å². The standard InChI is InChI=1S/C22H32N4O4S/c1-4-24-22(25-15-18-7-10-20(11-8-18)31(23,27)28)26-16-19-9-6-17(2)14-21(19)30-13-5-12-29-3/h6-11,14H,4-5,12-13,15-16H2,1-3H3,(H2,23,27,28)(H2,24,25,26). The fourth-order valence-corrected chi connectivity index (χ4v) is 3.32. The second kappa shape index (κ2) is 12.3. The molecule has 8 nitrogen and oxygen atoms in total. The van der Waals surface area contributed by atoms with Crippen LogP contribution in [0.2, 0.25) is 0 Å². The Hall–Kier alpha value is -2.62. The summed E-state index contributed by atoms with van der Waals surface area (Å²) in [7, 11) is -2.02. The summed E-state index contributed by atoms with van der Waals surface area (Å²) in [5.74, 6) is 1.50. The molecule has 0 fully saturated rings. The van der Waals surface area contributed by atoms with Crippen LogP contribution < -0.4 is 20.5 Å². The molecular weight excluding hydrogens is 416 g/mol. The fourth-order valence-electron chi connectivity index (χ4n) is 2.80. The molecular formula is C22H32N4O4S. The molecule has 0 bridgehead atoms. The molecule has 4 N–H and O–H groups in total. The smallest absolute Gasteiger partial charge is 0.238 e. The van der Waals surface area contributed by atoms with Crippen molar-refractivity contribution in [2.45, 2.75) is 38.3 Å². The number of sulfonamides is 1. The molecule has 0 atom stereocenters. The topological polar surface area (TPSA) is 115 Å². The Balaban J connectivity index is 2.03. The van der Waals surface area contributed by atoms with Gasteiger partial charge in [-0.3, -0.25) is 0 Å². The zero-order valence-corrected chi connectivity index (χ0v) is 19.2. The molecule has 0 aliphatic heterocycles. The van der Waals surface area contributed by atoms with Crippen molar-refractivity contribution in [2.24, 2.45) is 10.1 Å². The Morgan fingerprint density at radius 2 is 1.84 bits per heavy atom. The van der Waals surface area contributed by atoms with Gasteiger partial charge in [0.1, 0.15) is 5.75 Å². The normalized spacial score (nSPS) is 11.9. The summed E-state index contributed by atoms with van der Waals surface area (Å²) in [4.78, 5) is 4.67. The minimum absolute atomic E-state index is 0.0858. The highest BCUT2D eigenvalue weighted by molar-refractivity contribution is 7.89. The number of benzene rings is 2. The summed E-state index contributed by atoms with van der Waals surface area (Å²) in [6.07, 6.45) is 0.825. The van der Waals surface area contributed by atoms with Gasteiger partial charge in [-0.05, 0) is 43.2 Å². The van der Waals surface area contributed by atoms with Gasteiger partial charge in [0.15, 0.2) is 5.96 Å². The lowest BCUT2D eigenvalue weighted by atomic mass is 10.1. The third-order valence-corrected chi connectivity index (χ3v) is 5.36. The predicted octanol–water partition coefficient (Wildman–Crippen LogP) is 2.31. The summed E-state index contributed by atoms with van der Waals surface area (Å²) < 4.78 is 33.8. The summed E-state index contributed by atoms with van der Waals surface area (Å²) >= 11 is 0. The number of methoxy groups -OCH3 is 1. The number of ether oxygens (including phenoxy) is 2. The monoisotopic (exact) mass is 448 g/mol. The number of nitrogens with one attached hydrogen (secondary N) is 2. The van der Waals surface area contributed by atoms with Crippen molar-refractivity contribution in [2.75, 3.05) is 26.9 Å². The maximum atomic E-state index is 11.4. The van der Waals surface area contributed by atoms with Gasteiger partial charge >= 0.3 is 0 Å². The Morgan fingerprint density at radius 1 is 1.10 bits per heavy atom. The first-order chi connectivity index (χ1) is 14.8. The Morgan fingerprint density at radius 3 is 2.48 bits per heavy atom. The number of aliphatic imine (C=N–C) groups is 1. The van der Waals surface area contributed by atoms with Gasteiger partial charge in [-0.15, -0.1) is 0 Å². The van der Waals surface area contributed by atoms with Crippen LogP contribution >= 0.6 is 0 Å². The van der Waals surface area contributed by atoms with Crippen molar-refractivity contribution >= 4 is 16.0 Å². The van der Waals surface area contributed by atoms with Gasteiger partial charge in [-0.1, -0.05) is 24.3 Å². The molecule has 0 unspecified atom stereocenters. The van der Waals surface area contributed by atoms with E-state index in [1.807, 2.05) is 26.0 Å². The molecule has 2 aromatic rings. The minimum atomic E-state index is -3.70. The van der Waals surface area contributed by atoms with E-state index in [9.17, 15) is 8.42 Å². The Bertz CT molecular complexity index is 960. The maximum absolute atomic E-state index is 11.4. The van der Waals surface area contributed by atoms with E-state index in [0.29, 0.717) is 38.8 Å². The molecule has 0 amide bonds. The molecule has 170 valence electrons. The molecule has 0 aromatic heterocycles. The molecule has 0 spiro atoms. The molecule has 0 radical (unpaired) electrons. The fraction of sp³-hybridized carbons (Fsp3) is 0.409. The van der Waals surface area contributed by atoms with E-state index < -0.39 is 10.0 Å².